The van der Waals surface area contributed by atoms with Crippen molar-refractivity contribution in [2.24, 2.45) is 5.73 Å². The molecule has 0 aromatic heterocycles. The van der Waals surface area contributed by atoms with Gasteiger partial charge in [0, 0.05) is 24.6 Å². The zero-order valence-corrected chi connectivity index (χ0v) is 12.6. The van der Waals surface area contributed by atoms with Gasteiger partial charge in [-0.1, -0.05) is 0 Å². The molecule has 0 bridgehead atoms. The van der Waals surface area contributed by atoms with Gasteiger partial charge in [-0.2, -0.15) is 0 Å². The second-order valence-corrected chi connectivity index (χ2v) is 6.00. The van der Waals surface area contributed by atoms with Crippen molar-refractivity contribution in [3.8, 4) is 11.5 Å². The summed E-state index contributed by atoms with van der Waals surface area (Å²) in [5, 5.41) is 0. The van der Waals surface area contributed by atoms with Gasteiger partial charge in [0.15, 0.2) is 0 Å². The van der Waals surface area contributed by atoms with Gasteiger partial charge < -0.3 is 20.1 Å². The molecule has 114 valence electrons. The number of ether oxygens (including phenoxy) is 2. The highest BCUT2D eigenvalue weighted by Crippen LogP contribution is 2.39. The van der Waals surface area contributed by atoms with Gasteiger partial charge in [0.05, 0.1) is 19.8 Å². The molecule has 1 heterocycles. The van der Waals surface area contributed by atoms with E-state index >= 15 is 0 Å². The lowest BCUT2D eigenvalue weighted by atomic mass is 9.97. The number of hydrogen-bond acceptors (Lipinski definition) is 4. The molecule has 2 aliphatic rings. The summed E-state index contributed by atoms with van der Waals surface area (Å²) in [5.74, 6) is 2.05. The number of nitrogens with two attached hydrogens (primary N) is 1. The molecule has 5 heteroatoms. The summed E-state index contributed by atoms with van der Waals surface area (Å²) >= 11 is 0. The van der Waals surface area contributed by atoms with Crippen LogP contribution in [0.15, 0.2) is 18.2 Å². The lowest BCUT2D eigenvalue weighted by molar-refractivity contribution is -0.132. The van der Waals surface area contributed by atoms with Gasteiger partial charge in [0.2, 0.25) is 5.91 Å². The smallest absolute Gasteiger partial charge is 0.242 e. The van der Waals surface area contributed by atoms with E-state index in [1.54, 1.807) is 14.2 Å². The van der Waals surface area contributed by atoms with Crippen molar-refractivity contribution in [2.75, 3.05) is 27.3 Å². The topological polar surface area (TPSA) is 64.8 Å². The second kappa shape index (κ2) is 5.22. The number of carbonyl (C=O) groups excluding carboxylic acids is 1. The Morgan fingerprint density at radius 1 is 1.33 bits per heavy atom. The van der Waals surface area contributed by atoms with Crippen molar-refractivity contribution in [3.05, 3.63) is 23.8 Å². The van der Waals surface area contributed by atoms with E-state index in [0.29, 0.717) is 6.54 Å². The second-order valence-electron chi connectivity index (χ2n) is 6.00. The molecule has 1 saturated heterocycles. The third kappa shape index (κ3) is 2.58. The maximum Gasteiger partial charge on any atom is 0.242 e. The Labute approximate surface area is 125 Å². The normalized spacial score (nSPS) is 23.0. The molecule has 1 aliphatic carbocycles. The monoisotopic (exact) mass is 290 g/mol. The lowest BCUT2D eigenvalue weighted by Crippen LogP contribution is -2.44. The van der Waals surface area contributed by atoms with Gasteiger partial charge in [-0.05, 0) is 37.5 Å². The molecule has 2 fully saturated rings. The Morgan fingerprint density at radius 2 is 2.10 bits per heavy atom. The number of benzene rings is 1. The third-order valence-corrected chi connectivity index (χ3v) is 4.57. The van der Waals surface area contributed by atoms with Gasteiger partial charge in [0.1, 0.15) is 11.5 Å². The van der Waals surface area contributed by atoms with Crippen LogP contribution in [0.1, 0.15) is 30.7 Å². The predicted octanol–water partition coefficient (Wildman–Crippen LogP) is 1.51. The maximum absolute atomic E-state index is 12.3. The molecule has 1 aliphatic heterocycles. The lowest BCUT2D eigenvalue weighted by Gasteiger charge is -2.21. The van der Waals surface area contributed by atoms with Crippen LogP contribution in [0.4, 0.5) is 0 Å². The van der Waals surface area contributed by atoms with Crippen LogP contribution in [0.25, 0.3) is 0 Å². The minimum absolute atomic E-state index is 0.104. The van der Waals surface area contributed by atoms with Crippen molar-refractivity contribution in [1.29, 1.82) is 0 Å². The van der Waals surface area contributed by atoms with E-state index in [0.717, 1.165) is 42.9 Å². The Kier molecular flexibility index (Phi) is 3.53. The van der Waals surface area contributed by atoms with Crippen LogP contribution in [0.3, 0.4) is 0 Å². The highest BCUT2D eigenvalue weighted by molar-refractivity contribution is 5.89. The van der Waals surface area contributed by atoms with Crippen LogP contribution in [0.5, 0.6) is 11.5 Å². The maximum atomic E-state index is 12.3. The summed E-state index contributed by atoms with van der Waals surface area (Å²) in [5.41, 5.74) is 6.55. The Balaban J connectivity index is 1.78. The largest absolute Gasteiger partial charge is 0.497 e. The first-order valence-electron chi connectivity index (χ1n) is 7.37. The molecule has 3 rings (SSSR count). The molecular weight excluding hydrogens is 268 g/mol. The highest BCUT2D eigenvalue weighted by Gasteiger charge is 2.49. The highest BCUT2D eigenvalue weighted by atomic mass is 16.5. The van der Waals surface area contributed by atoms with Gasteiger partial charge >= 0.3 is 0 Å². The predicted molar refractivity (Wildman–Crippen MR) is 79.6 cm³/mol. The van der Waals surface area contributed by atoms with Crippen molar-refractivity contribution in [3.63, 3.8) is 0 Å². The summed E-state index contributed by atoms with van der Waals surface area (Å²) in [6.45, 7) is 1.48. The molecule has 21 heavy (non-hydrogen) atoms. The summed E-state index contributed by atoms with van der Waals surface area (Å²) in [4.78, 5) is 14.2. The van der Waals surface area contributed by atoms with Gasteiger partial charge in [0.25, 0.3) is 0 Å². The van der Waals surface area contributed by atoms with Crippen LogP contribution in [-0.2, 0) is 4.79 Å². The van der Waals surface area contributed by atoms with Gasteiger partial charge in [-0.25, -0.2) is 0 Å². The fraction of sp³-hybridized carbons (Fsp3) is 0.562. The summed E-state index contributed by atoms with van der Waals surface area (Å²) in [7, 11) is 3.32. The third-order valence-electron chi connectivity index (χ3n) is 4.57. The summed E-state index contributed by atoms with van der Waals surface area (Å²) in [6, 6.07) is 5.82. The molecule has 0 radical (unpaired) electrons. The first-order chi connectivity index (χ1) is 10.1. The van der Waals surface area contributed by atoms with Crippen molar-refractivity contribution < 1.29 is 14.3 Å². The molecule has 1 saturated carbocycles. The average Bonchev–Trinajstić information content (AvgIpc) is 3.08. The average molecular weight is 290 g/mol. The fourth-order valence-electron chi connectivity index (χ4n) is 3.02. The van der Waals surface area contributed by atoms with E-state index in [9.17, 15) is 4.79 Å². The number of rotatable bonds is 4. The number of carbonyl (C=O) groups is 1. The molecule has 1 aromatic rings. The van der Waals surface area contributed by atoms with Crippen molar-refractivity contribution in [1.82, 2.24) is 4.90 Å². The van der Waals surface area contributed by atoms with E-state index in [1.807, 2.05) is 23.1 Å². The first kappa shape index (κ1) is 14.2. The first-order valence-corrected chi connectivity index (χ1v) is 7.37. The van der Waals surface area contributed by atoms with Crippen LogP contribution in [0.2, 0.25) is 0 Å². The fourth-order valence-corrected chi connectivity index (χ4v) is 3.02. The number of hydrogen-bond donors (Lipinski definition) is 1. The number of methoxy groups -OCH3 is 2. The Bertz CT molecular complexity index is 554. The SMILES string of the molecule is COc1ccc(OC)c([C@H]2CCN(C(=O)C3(N)CC3)C2)c1. The van der Waals surface area contributed by atoms with Crippen molar-refractivity contribution >= 4 is 5.91 Å². The quantitative estimate of drug-likeness (QED) is 0.913. The molecule has 5 nitrogen and oxygen atoms in total. The minimum atomic E-state index is -0.576. The van der Waals surface area contributed by atoms with E-state index in [1.165, 1.54) is 0 Å². The van der Waals surface area contributed by atoms with Crippen LogP contribution >= 0.6 is 0 Å². The molecule has 0 spiro atoms. The zero-order valence-electron chi connectivity index (χ0n) is 12.6. The van der Waals surface area contributed by atoms with Crippen LogP contribution in [-0.4, -0.2) is 43.7 Å². The zero-order chi connectivity index (χ0) is 15.0. The molecule has 0 unspecified atom stereocenters. The molecule has 1 atom stereocenters. The number of nitrogens with zero attached hydrogens (tertiary/aromatic N) is 1. The summed E-state index contributed by atoms with van der Waals surface area (Å²) < 4.78 is 10.7. The number of likely N-dealkylation sites (tertiary alicyclic amines) is 1. The number of amides is 1. The van der Waals surface area contributed by atoms with Crippen LogP contribution in [0, 0.1) is 0 Å². The van der Waals surface area contributed by atoms with E-state index in [2.05, 4.69) is 0 Å². The Hall–Kier alpha value is -1.75. The van der Waals surface area contributed by atoms with E-state index in [4.69, 9.17) is 15.2 Å². The minimum Gasteiger partial charge on any atom is -0.497 e. The standard InChI is InChI=1S/C16H22N2O3/c1-20-12-3-4-14(21-2)13(9-12)11-5-8-18(10-11)15(19)16(17)6-7-16/h3-4,9,11H,5-8,10,17H2,1-2H3/t11-/m0/s1. The van der Waals surface area contributed by atoms with Crippen molar-refractivity contribution in [2.45, 2.75) is 30.7 Å². The van der Waals surface area contributed by atoms with E-state index < -0.39 is 5.54 Å². The van der Waals surface area contributed by atoms with E-state index in [-0.39, 0.29) is 11.8 Å². The van der Waals surface area contributed by atoms with Crippen LogP contribution < -0.4 is 15.2 Å². The van der Waals surface area contributed by atoms with Gasteiger partial charge in [-0.15, -0.1) is 0 Å². The molecule has 1 amide bonds. The molecule has 1 aromatic carbocycles. The van der Waals surface area contributed by atoms with Gasteiger partial charge in [-0.3, -0.25) is 4.79 Å². The molecule has 2 N–H and O–H groups in total. The summed E-state index contributed by atoms with van der Waals surface area (Å²) in [6.07, 6.45) is 2.57. The Morgan fingerprint density at radius 3 is 2.71 bits per heavy atom. The molecular formula is C16H22N2O3.